The summed E-state index contributed by atoms with van der Waals surface area (Å²) in [6, 6.07) is 5.13. The zero-order valence-corrected chi connectivity index (χ0v) is 20.1. The first kappa shape index (κ1) is 23.0. The van der Waals surface area contributed by atoms with Crippen LogP contribution in [0.5, 0.6) is 5.75 Å². The van der Waals surface area contributed by atoms with E-state index in [1.54, 1.807) is 29.2 Å². The Kier molecular flexibility index (Phi) is 6.01. The van der Waals surface area contributed by atoms with Crippen molar-refractivity contribution in [2.24, 2.45) is 0 Å². The zero-order valence-electron chi connectivity index (χ0n) is 19.3. The molecule has 1 atom stereocenters. The van der Waals surface area contributed by atoms with Crippen molar-refractivity contribution in [1.29, 1.82) is 0 Å². The Morgan fingerprint density at radius 1 is 1.29 bits per heavy atom. The van der Waals surface area contributed by atoms with Gasteiger partial charge in [0.05, 0.1) is 12.5 Å². The maximum atomic E-state index is 13.9. The number of methoxy groups -OCH3 is 1. The van der Waals surface area contributed by atoms with Gasteiger partial charge in [-0.05, 0) is 56.0 Å². The topological polar surface area (TPSA) is 100 Å². The Hall–Kier alpha value is -3.73. The molecule has 1 aliphatic heterocycles. The van der Waals surface area contributed by atoms with Gasteiger partial charge in [-0.3, -0.25) is 14.2 Å². The molecule has 182 valence electrons. The number of aryl methyl sites for hydroxylation is 3. The number of hydrogen-bond donors (Lipinski definition) is 1. The maximum Gasteiger partial charge on any atom is 0.332 e. The lowest BCUT2D eigenvalue weighted by Gasteiger charge is -2.24. The normalized spacial score (nSPS) is 16.0. The minimum atomic E-state index is -0.879. The van der Waals surface area contributed by atoms with Gasteiger partial charge in [0.15, 0.2) is 0 Å². The zero-order chi connectivity index (χ0) is 24.7. The van der Waals surface area contributed by atoms with E-state index in [1.807, 2.05) is 6.92 Å². The van der Waals surface area contributed by atoms with Crippen LogP contribution in [0.4, 0.5) is 4.39 Å². The van der Waals surface area contributed by atoms with Crippen LogP contribution in [-0.2, 0) is 17.8 Å². The molecule has 35 heavy (non-hydrogen) atoms. The molecule has 4 heterocycles. The fraction of sp³-hybridized carbons (Fsp3) is 0.333. The van der Waals surface area contributed by atoms with Crippen molar-refractivity contribution < 1.29 is 13.9 Å². The maximum absolute atomic E-state index is 13.9. The standard InChI is InChI=1S/C24H24FN5O4S/c1-14-19-21(32)30(17-5-3-9-26-20(17)31)24(33)28(23(19)35-22(14)29-11-4-10-27-29)12-8-15-13-16(25)6-7-18(15)34-2/h4,6-7,10-11,13,17H,3,5,8-9,12H2,1-2H3,(H,26,31)/t17-/m0/s1. The predicted octanol–water partition coefficient (Wildman–Crippen LogP) is 2.56. The molecule has 1 aromatic carbocycles. The Morgan fingerprint density at radius 2 is 2.11 bits per heavy atom. The molecule has 0 bridgehead atoms. The summed E-state index contributed by atoms with van der Waals surface area (Å²) >= 11 is 1.29. The molecule has 0 spiro atoms. The van der Waals surface area contributed by atoms with Crippen LogP contribution in [0.15, 0.2) is 46.2 Å². The highest BCUT2D eigenvalue weighted by Gasteiger charge is 2.30. The Balaban J connectivity index is 1.71. The second kappa shape index (κ2) is 9.14. The summed E-state index contributed by atoms with van der Waals surface area (Å²) in [5, 5.41) is 8.13. The van der Waals surface area contributed by atoms with Crippen molar-refractivity contribution in [3.63, 3.8) is 0 Å². The van der Waals surface area contributed by atoms with Gasteiger partial charge in [-0.25, -0.2) is 18.4 Å². The van der Waals surface area contributed by atoms with Gasteiger partial charge in [-0.1, -0.05) is 11.3 Å². The van der Waals surface area contributed by atoms with Crippen molar-refractivity contribution in [1.82, 2.24) is 24.2 Å². The number of nitrogens with zero attached hydrogens (tertiary/aromatic N) is 4. The first-order valence-electron chi connectivity index (χ1n) is 11.3. The molecule has 0 saturated carbocycles. The van der Waals surface area contributed by atoms with Crippen LogP contribution < -0.4 is 21.3 Å². The summed E-state index contributed by atoms with van der Waals surface area (Å²) in [6.45, 7) is 2.50. The van der Waals surface area contributed by atoms with Crippen LogP contribution in [0.3, 0.4) is 0 Å². The van der Waals surface area contributed by atoms with Crippen LogP contribution >= 0.6 is 11.3 Å². The minimum Gasteiger partial charge on any atom is -0.496 e. The van der Waals surface area contributed by atoms with Gasteiger partial charge < -0.3 is 10.1 Å². The van der Waals surface area contributed by atoms with Gasteiger partial charge in [-0.2, -0.15) is 5.10 Å². The van der Waals surface area contributed by atoms with E-state index in [1.165, 1.54) is 35.1 Å². The van der Waals surface area contributed by atoms with E-state index in [-0.39, 0.29) is 12.5 Å². The number of fused-ring (bicyclic) bond motifs is 1. The van der Waals surface area contributed by atoms with Crippen molar-refractivity contribution in [2.75, 3.05) is 13.7 Å². The second-order valence-corrected chi connectivity index (χ2v) is 9.41. The lowest BCUT2D eigenvalue weighted by molar-refractivity contribution is -0.126. The van der Waals surface area contributed by atoms with E-state index >= 15 is 0 Å². The summed E-state index contributed by atoms with van der Waals surface area (Å²) in [4.78, 5) is 40.5. The average Bonchev–Trinajstić information content (AvgIpc) is 3.48. The van der Waals surface area contributed by atoms with E-state index in [4.69, 9.17) is 4.74 Å². The molecule has 1 fully saturated rings. The monoisotopic (exact) mass is 497 g/mol. The highest BCUT2D eigenvalue weighted by molar-refractivity contribution is 7.21. The molecule has 1 amide bonds. The number of carbonyl (C=O) groups excluding carboxylic acids is 1. The minimum absolute atomic E-state index is 0.169. The van der Waals surface area contributed by atoms with Crippen LogP contribution in [0.2, 0.25) is 0 Å². The van der Waals surface area contributed by atoms with Gasteiger partial charge in [0, 0.05) is 31.0 Å². The van der Waals surface area contributed by atoms with Gasteiger partial charge in [0.1, 0.15) is 27.4 Å². The molecule has 0 unspecified atom stereocenters. The van der Waals surface area contributed by atoms with E-state index < -0.39 is 23.1 Å². The van der Waals surface area contributed by atoms with Gasteiger partial charge in [0.25, 0.3) is 5.56 Å². The summed E-state index contributed by atoms with van der Waals surface area (Å²) < 4.78 is 23.5. The number of thiophene rings is 1. The van der Waals surface area contributed by atoms with Crippen molar-refractivity contribution in [2.45, 2.75) is 38.8 Å². The van der Waals surface area contributed by atoms with E-state index in [0.29, 0.717) is 57.9 Å². The third-order valence-corrected chi connectivity index (χ3v) is 7.65. The van der Waals surface area contributed by atoms with Crippen molar-refractivity contribution in [3.05, 3.63) is 74.4 Å². The number of aromatic nitrogens is 4. The largest absolute Gasteiger partial charge is 0.496 e. The highest BCUT2D eigenvalue weighted by atomic mass is 32.1. The van der Waals surface area contributed by atoms with Crippen LogP contribution in [0.1, 0.15) is 30.0 Å². The number of ether oxygens (including phenoxy) is 1. The van der Waals surface area contributed by atoms with Crippen LogP contribution in [-0.4, -0.2) is 38.5 Å². The van der Waals surface area contributed by atoms with E-state index in [2.05, 4.69) is 10.4 Å². The third-order valence-electron chi connectivity index (χ3n) is 6.35. The molecular weight excluding hydrogens is 473 g/mol. The summed E-state index contributed by atoms with van der Waals surface area (Å²) in [5.74, 6) is -0.237. The van der Waals surface area contributed by atoms with Gasteiger partial charge in [-0.15, -0.1) is 0 Å². The molecule has 3 aromatic heterocycles. The molecule has 0 radical (unpaired) electrons. The Labute approximate surface area is 203 Å². The fourth-order valence-electron chi connectivity index (χ4n) is 4.61. The molecule has 4 aromatic rings. The number of hydrogen-bond acceptors (Lipinski definition) is 6. The van der Waals surface area contributed by atoms with E-state index in [9.17, 15) is 18.8 Å². The van der Waals surface area contributed by atoms with E-state index in [0.717, 1.165) is 4.57 Å². The smallest absolute Gasteiger partial charge is 0.332 e. The molecule has 11 heteroatoms. The number of nitrogens with one attached hydrogen (secondary N) is 1. The molecule has 1 saturated heterocycles. The van der Waals surface area contributed by atoms with Crippen molar-refractivity contribution >= 4 is 27.5 Å². The summed E-state index contributed by atoms with van der Waals surface area (Å²) in [6.07, 6.45) is 4.77. The number of rotatable bonds is 6. The quantitative estimate of drug-likeness (QED) is 0.441. The average molecular weight is 498 g/mol. The van der Waals surface area contributed by atoms with Crippen LogP contribution in [0, 0.1) is 12.7 Å². The molecule has 9 nitrogen and oxygen atoms in total. The first-order chi connectivity index (χ1) is 16.9. The SMILES string of the molecule is COc1ccc(F)cc1CCn1c(=O)n([C@H]2CCCNC2=O)c(=O)c2c(C)c(-n3cccn3)sc21. The Bertz CT molecular complexity index is 1540. The molecule has 0 aliphatic carbocycles. The fourth-order valence-corrected chi connectivity index (χ4v) is 5.87. The Morgan fingerprint density at radius 3 is 2.83 bits per heavy atom. The highest BCUT2D eigenvalue weighted by Crippen LogP contribution is 2.31. The predicted molar refractivity (Wildman–Crippen MR) is 130 cm³/mol. The summed E-state index contributed by atoms with van der Waals surface area (Å²) in [7, 11) is 1.50. The molecule has 1 aliphatic rings. The van der Waals surface area contributed by atoms with Gasteiger partial charge >= 0.3 is 5.69 Å². The van der Waals surface area contributed by atoms with Crippen LogP contribution in [0.25, 0.3) is 15.2 Å². The number of halogens is 1. The number of amides is 1. The first-order valence-corrected chi connectivity index (χ1v) is 12.1. The molecular formula is C24H24FN5O4S. The number of piperidine rings is 1. The molecule has 5 rings (SSSR count). The summed E-state index contributed by atoms with van der Waals surface area (Å²) in [5.41, 5.74) is 0.231. The molecule has 1 N–H and O–H groups in total. The second-order valence-electron chi connectivity index (χ2n) is 8.43. The van der Waals surface area contributed by atoms with Gasteiger partial charge in [0.2, 0.25) is 5.91 Å². The van der Waals surface area contributed by atoms with Crippen molar-refractivity contribution in [3.8, 4) is 10.8 Å². The lowest BCUT2D eigenvalue weighted by atomic mass is 10.1. The lowest BCUT2D eigenvalue weighted by Crippen LogP contribution is -2.49. The number of carbonyl (C=O) groups is 1. The number of benzene rings is 1. The third kappa shape index (κ3) is 3.95.